The lowest BCUT2D eigenvalue weighted by Crippen LogP contribution is -2.48. The molecule has 0 spiro atoms. The van der Waals surface area contributed by atoms with Crippen LogP contribution in [0.5, 0.6) is 0 Å². The molecule has 2 heterocycles. The van der Waals surface area contributed by atoms with E-state index < -0.39 is 10.0 Å². The normalized spacial score (nSPS) is 19.1. The number of halogens is 2. The molecular weight excluding hydrogens is 578 g/mol. The number of hydrogen-bond acceptors (Lipinski definition) is 5. The number of rotatable bonds is 5. The van der Waals surface area contributed by atoms with E-state index in [1.165, 1.54) is 22.5 Å². The van der Waals surface area contributed by atoms with Crippen LogP contribution in [0.2, 0.25) is 5.02 Å². The number of anilines is 1. The number of benzene rings is 3. The summed E-state index contributed by atoms with van der Waals surface area (Å²) in [6.07, 6.45) is 0. The summed E-state index contributed by atoms with van der Waals surface area (Å²) < 4.78 is 35.1. The number of amides is 1. The van der Waals surface area contributed by atoms with Gasteiger partial charge in [0.1, 0.15) is 0 Å². The third-order valence-corrected chi connectivity index (χ3v) is 9.51. The van der Waals surface area contributed by atoms with E-state index in [0.717, 1.165) is 15.7 Å². The first-order chi connectivity index (χ1) is 17.8. The first-order valence-electron chi connectivity index (χ1n) is 12.1. The highest BCUT2D eigenvalue weighted by atomic mass is 79.9. The van der Waals surface area contributed by atoms with Crippen molar-refractivity contribution in [3.05, 3.63) is 93.4 Å². The van der Waals surface area contributed by atoms with Crippen molar-refractivity contribution < 1.29 is 17.9 Å². The Balaban J connectivity index is 1.37. The molecule has 2 aliphatic heterocycles. The molecule has 0 saturated carbocycles. The van der Waals surface area contributed by atoms with Crippen LogP contribution in [0.25, 0.3) is 0 Å². The maximum Gasteiger partial charge on any atom is 0.256 e. The Morgan fingerprint density at radius 2 is 1.68 bits per heavy atom. The second-order valence-corrected chi connectivity index (χ2v) is 12.3. The van der Waals surface area contributed by atoms with Gasteiger partial charge in [0.2, 0.25) is 10.0 Å². The quantitative estimate of drug-likeness (QED) is 0.418. The van der Waals surface area contributed by atoms with Crippen LogP contribution in [0.15, 0.2) is 82.2 Å². The molecule has 10 heteroatoms. The SMILES string of the molecule is O=C(c1cc(S(=O)(=O)N2CCN(c3ccccc3)CC2)ccc1Cl)N1CCOCC1c1cccc(Br)c1. The van der Waals surface area contributed by atoms with Gasteiger partial charge in [-0.15, -0.1) is 0 Å². The Labute approximate surface area is 230 Å². The number of morpholine rings is 1. The second-order valence-electron chi connectivity index (χ2n) is 9.01. The van der Waals surface area contributed by atoms with E-state index in [9.17, 15) is 13.2 Å². The van der Waals surface area contributed by atoms with Crippen LogP contribution in [-0.4, -0.2) is 69.5 Å². The van der Waals surface area contributed by atoms with Crippen LogP contribution in [0.4, 0.5) is 5.69 Å². The largest absolute Gasteiger partial charge is 0.377 e. The molecular formula is C27H27BrClN3O4S. The molecule has 1 unspecified atom stereocenters. The molecule has 194 valence electrons. The Hall–Kier alpha value is -2.43. The van der Waals surface area contributed by atoms with Crippen molar-refractivity contribution in [1.29, 1.82) is 0 Å². The minimum atomic E-state index is -3.80. The fourth-order valence-corrected chi connectivity index (χ4v) is 6.86. The van der Waals surface area contributed by atoms with Gasteiger partial charge < -0.3 is 14.5 Å². The van der Waals surface area contributed by atoms with Crippen LogP contribution in [0.3, 0.4) is 0 Å². The fourth-order valence-electron chi connectivity index (χ4n) is 4.79. The average Bonchev–Trinajstić information content (AvgIpc) is 2.93. The van der Waals surface area contributed by atoms with E-state index in [0.29, 0.717) is 45.9 Å². The third kappa shape index (κ3) is 5.56. The number of nitrogens with zero attached hydrogens (tertiary/aromatic N) is 3. The summed E-state index contributed by atoms with van der Waals surface area (Å²) in [6.45, 7) is 3.02. The van der Waals surface area contributed by atoms with Crippen molar-refractivity contribution in [2.24, 2.45) is 0 Å². The minimum Gasteiger partial charge on any atom is -0.377 e. The number of ether oxygens (including phenoxy) is 1. The first-order valence-corrected chi connectivity index (χ1v) is 14.7. The maximum absolute atomic E-state index is 13.7. The van der Waals surface area contributed by atoms with Crippen molar-refractivity contribution in [2.45, 2.75) is 10.9 Å². The topological polar surface area (TPSA) is 70.2 Å². The Bertz CT molecular complexity index is 1380. The van der Waals surface area contributed by atoms with Crippen LogP contribution >= 0.6 is 27.5 Å². The Morgan fingerprint density at radius 3 is 2.41 bits per heavy atom. The lowest BCUT2D eigenvalue weighted by Gasteiger charge is -2.36. The molecule has 3 aromatic rings. The zero-order valence-electron chi connectivity index (χ0n) is 20.1. The molecule has 1 amide bonds. The van der Waals surface area contributed by atoms with Crippen LogP contribution in [-0.2, 0) is 14.8 Å². The third-order valence-electron chi connectivity index (χ3n) is 6.79. The zero-order chi connectivity index (χ0) is 26.0. The Kier molecular flexibility index (Phi) is 7.88. The molecule has 1 atom stereocenters. The van der Waals surface area contributed by atoms with Crippen molar-refractivity contribution in [1.82, 2.24) is 9.21 Å². The highest BCUT2D eigenvalue weighted by molar-refractivity contribution is 9.10. The monoisotopic (exact) mass is 603 g/mol. The molecule has 0 aliphatic carbocycles. The molecule has 2 fully saturated rings. The fraction of sp³-hybridized carbons (Fsp3) is 0.296. The van der Waals surface area contributed by atoms with E-state index in [4.69, 9.17) is 16.3 Å². The number of sulfonamides is 1. The lowest BCUT2D eigenvalue weighted by atomic mass is 10.0. The predicted octanol–water partition coefficient (Wildman–Crippen LogP) is 4.83. The van der Waals surface area contributed by atoms with Gasteiger partial charge in [-0.1, -0.05) is 57.9 Å². The number of carbonyl (C=O) groups excluding carboxylic acids is 1. The highest BCUT2D eigenvalue weighted by Gasteiger charge is 2.33. The van der Waals surface area contributed by atoms with Crippen LogP contribution < -0.4 is 4.90 Å². The summed E-state index contributed by atoms with van der Waals surface area (Å²) in [4.78, 5) is 17.7. The van der Waals surface area contributed by atoms with Gasteiger partial charge in [0.15, 0.2) is 0 Å². The molecule has 7 nitrogen and oxygen atoms in total. The average molecular weight is 605 g/mol. The van der Waals surface area contributed by atoms with Gasteiger partial charge in [-0.05, 0) is 48.0 Å². The summed E-state index contributed by atoms with van der Waals surface area (Å²) in [7, 11) is -3.80. The molecule has 0 N–H and O–H groups in total. The molecule has 2 aliphatic rings. The molecule has 2 saturated heterocycles. The van der Waals surface area contributed by atoms with Crippen LogP contribution in [0, 0.1) is 0 Å². The summed E-state index contributed by atoms with van der Waals surface area (Å²) in [5.74, 6) is -0.316. The van der Waals surface area contributed by atoms with Crippen molar-refractivity contribution in [3.63, 3.8) is 0 Å². The van der Waals surface area contributed by atoms with E-state index >= 15 is 0 Å². The Morgan fingerprint density at radius 1 is 0.919 bits per heavy atom. The molecule has 3 aromatic carbocycles. The number of carbonyl (C=O) groups is 1. The van der Waals surface area contributed by atoms with Crippen molar-refractivity contribution in [3.8, 4) is 0 Å². The maximum atomic E-state index is 13.7. The van der Waals surface area contributed by atoms with E-state index in [2.05, 4.69) is 20.8 Å². The summed E-state index contributed by atoms with van der Waals surface area (Å²) in [5.41, 5.74) is 2.18. The van der Waals surface area contributed by atoms with Gasteiger partial charge >= 0.3 is 0 Å². The lowest BCUT2D eigenvalue weighted by molar-refractivity contribution is -0.00271. The summed E-state index contributed by atoms with van der Waals surface area (Å²) in [5, 5.41) is 0.220. The second kappa shape index (κ2) is 11.1. The van der Waals surface area contributed by atoms with E-state index in [1.54, 1.807) is 4.90 Å². The van der Waals surface area contributed by atoms with Crippen molar-refractivity contribution >= 4 is 49.1 Å². The van der Waals surface area contributed by atoms with Gasteiger partial charge in [-0.2, -0.15) is 4.31 Å². The number of hydrogen-bond donors (Lipinski definition) is 0. The smallest absolute Gasteiger partial charge is 0.256 e. The van der Waals surface area contributed by atoms with Crippen LogP contribution in [0.1, 0.15) is 22.0 Å². The van der Waals surface area contributed by atoms with Gasteiger partial charge in [0, 0.05) is 42.9 Å². The van der Waals surface area contributed by atoms with Gasteiger partial charge in [0.25, 0.3) is 5.91 Å². The first kappa shape index (κ1) is 26.2. The minimum absolute atomic E-state index is 0.0701. The van der Waals surface area contributed by atoms with Crippen molar-refractivity contribution in [2.75, 3.05) is 50.8 Å². The molecule has 0 radical (unpaired) electrons. The predicted molar refractivity (Wildman–Crippen MR) is 148 cm³/mol. The van der Waals surface area contributed by atoms with Gasteiger partial charge in [-0.3, -0.25) is 4.79 Å². The molecule has 5 rings (SSSR count). The number of piperazine rings is 1. The summed E-state index contributed by atoms with van der Waals surface area (Å²) in [6, 6.07) is 21.8. The van der Waals surface area contributed by atoms with E-state index in [-0.39, 0.29) is 27.4 Å². The van der Waals surface area contributed by atoms with Gasteiger partial charge in [-0.25, -0.2) is 8.42 Å². The molecule has 0 bridgehead atoms. The summed E-state index contributed by atoms with van der Waals surface area (Å²) >= 11 is 9.94. The number of para-hydroxylation sites is 1. The standard InChI is InChI=1S/C27H27BrClN3O4S/c28-21-6-4-5-20(17-21)26-19-36-16-15-32(26)27(33)24-18-23(9-10-25(24)29)37(34,35)31-13-11-30(12-14-31)22-7-2-1-3-8-22/h1-10,17-18,26H,11-16,19H2. The molecule has 37 heavy (non-hydrogen) atoms. The highest BCUT2D eigenvalue weighted by Crippen LogP contribution is 2.31. The van der Waals surface area contributed by atoms with E-state index in [1.807, 2.05) is 54.6 Å². The zero-order valence-corrected chi connectivity index (χ0v) is 23.3. The molecule has 0 aromatic heterocycles. The van der Waals surface area contributed by atoms with Gasteiger partial charge in [0.05, 0.1) is 34.7 Å².